The molecule has 1 aliphatic carbocycles. The van der Waals surface area contributed by atoms with Crippen molar-refractivity contribution in [2.75, 3.05) is 7.05 Å². The molecule has 2 aromatic heterocycles. The van der Waals surface area contributed by atoms with Crippen LogP contribution in [-0.4, -0.2) is 44.5 Å². The number of aromatic nitrogens is 3. The summed E-state index contributed by atoms with van der Waals surface area (Å²) in [5.41, 5.74) is -0.00712. The smallest absolute Gasteiger partial charge is 0.307 e. The van der Waals surface area contributed by atoms with Gasteiger partial charge in [0.15, 0.2) is 0 Å². The predicted octanol–water partition coefficient (Wildman–Crippen LogP) is 1.97. The first-order valence-electron chi connectivity index (χ1n) is 8.78. The summed E-state index contributed by atoms with van der Waals surface area (Å²) in [5.74, 6) is -0.120. The topological polar surface area (TPSA) is 98.4 Å². The Hall–Kier alpha value is -2.77. The molecule has 2 aliphatic rings. The highest BCUT2D eigenvalue weighted by Gasteiger charge is 2.54. The van der Waals surface area contributed by atoms with Gasteiger partial charge in [-0.05, 0) is 37.8 Å². The molecule has 1 amide bonds. The van der Waals surface area contributed by atoms with E-state index in [0.717, 1.165) is 25.7 Å². The van der Waals surface area contributed by atoms with Crippen LogP contribution >= 0.6 is 0 Å². The molecule has 136 valence electrons. The lowest BCUT2D eigenvalue weighted by molar-refractivity contribution is -0.151. The largest absolute Gasteiger partial charge is 0.458 e. The van der Waals surface area contributed by atoms with Gasteiger partial charge in [0.25, 0.3) is 0 Å². The quantitative estimate of drug-likeness (QED) is 0.772. The lowest BCUT2D eigenvalue weighted by atomic mass is 9.84. The Morgan fingerprint density at radius 2 is 2.15 bits per heavy atom. The molecule has 8 nitrogen and oxygen atoms in total. The summed E-state index contributed by atoms with van der Waals surface area (Å²) in [4.78, 5) is 34.8. The fourth-order valence-electron chi connectivity index (χ4n) is 3.89. The average molecular weight is 356 g/mol. The number of carbonyl (C=O) groups excluding carboxylic acids is 2. The molecule has 0 bridgehead atoms. The predicted molar refractivity (Wildman–Crippen MR) is 89.4 cm³/mol. The Morgan fingerprint density at radius 1 is 1.35 bits per heavy atom. The van der Waals surface area contributed by atoms with Crippen LogP contribution in [0.1, 0.15) is 38.0 Å². The van der Waals surface area contributed by atoms with Gasteiger partial charge in [0.1, 0.15) is 11.3 Å². The van der Waals surface area contributed by atoms with Gasteiger partial charge < -0.3 is 14.2 Å². The van der Waals surface area contributed by atoms with Crippen LogP contribution < -0.4 is 0 Å². The second-order valence-electron chi connectivity index (χ2n) is 6.92. The lowest BCUT2D eigenvalue weighted by Gasteiger charge is -2.30. The molecule has 0 unspecified atom stereocenters. The second-order valence-corrected chi connectivity index (χ2v) is 6.92. The summed E-state index contributed by atoms with van der Waals surface area (Å²) >= 11 is 0. The highest BCUT2D eigenvalue weighted by Crippen LogP contribution is 2.46. The number of carbonyl (C=O) groups is 2. The van der Waals surface area contributed by atoms with Crippen molar-refractivity contribution in [3.8, 4) is 11.5 Å². The minimum absolute atomic E-state index is 0.115. The molecule has 8 heteroatoms. The van der Waals surface area contributed by atoms with E-state index in [2.05, 4.69) is 15.1 Å². The molecule has 2 aromatic rings. The molecule has 1 saturated heterocycles. The Labute approximate surface area is 150 Å². The van der Waals surface area contributed by atoms with Crippen molar-refractivity contribution >= 4 is 11.9 Å². The molecule has 26 heavy (non-hydrogen) atoms. The molecular weight excluding hydrogens is 336 g/mol. The number of hydrogen-bond acceptors (Lipinski definition) is 7. The lowest BCUT2D eigenvalue weighted by Crippen LogP contribution is -2.43. The second kappa shape index (κ2) is 6.51. The average Bonchev–Trinajstić information content (AvgIpc) is 3.37. The van der Waals surface area contributed by atoms with Crippen molar-refractivity contribution in [3.05, 3.63) is 30.3 Å². The fraction of sp³-hybridized carbons (Fsp3) is 0.500. The number of amides is 1. The molecule has 1 spiro atoms. The zero-order chi connectivity index (χ0) is 18.1. The van der Waals surface area contributed by atoms with Crippen LogP contribution in [0.2, 0.25) is 0 Å². The number of esters is 1. The molecule has 1 atom stereocenters. The SMILES string of the molecule is CN(Cc1nc(-c2ccccn2)no1)C(=O)[C@@H]1CC(=O)OC12CCCC2. The molecule has 4 rings (SSSR count). The number of hydrogen-bond donors (Lipinski definition) is 0. The van der Waals surface area contributed by atoms with E-state index in [1.807, 2.05) is 6.07 Å². The number of nitrogens with zero attached hydrogens (tertiary/aromatic N) is 4. The van der Waals surface area contributed by atoms with E-state index in [9.17, 15) is 9.59 Å². The molecule has 1 aliphatic heterocycles. The van der Waals surface area contributed by atoms with E-state index >= 15 is 0 Å². The molecule has 0 N–H and O–H groups in total. The van der Waals surface area contributed by atoms with Gasteiger partial charge in [-0.3, -0.25) is 14.6 Å². The van der Waals surface area contributed by atoms with Crippen molar-refractivity contribution < 1.29 is 18.8 Å². The van der Waals surface area contributed by atoms with Crippen molar-refractivity contribution in [3.63, 3.8) is 0 Å². The normalized spacial score (nSPS) is 21.1. The van der Waals surface area contributed by atoms with Crippen LogP contribution in [-0.2, 0) is 20.9 Å². The maximum atomic E-state index is 12.9. The van der Waals surface area contributed by atoms with Crippen LogP contribution in [0.3, 0.4) is 0 Å². The summed E-state index contributed by atoms with van der Waals surface area (Å²) in [6.45, 7) is 0.180. The van der Waals surface area contributed by atoms with Crippen LogP contribution in [0.4, 0.5) is 0 Å². The van der Waals surface area contributed by atoms with E-state index in [1.165, 1.54) is 4.90 Å². The van der Waals surface area contributed by atoms with Crippen molar-refractivity contribution in [2.24, 2.45) is 5.92 Å². The Kier molecular flexibility index (Phi) is 4.18. The van der Waals surface area contributed by atoms with Gasteiger partial charge >= 0.3 is 5.97 Å². The molecule has 2 fully saturated rings. The molecule has 3 heterocycles. The Balaban J connectivity index is 1.46. The Bertz CT molecular complexity index is 814. The van der Waals surface area contributed by atoms with Gasteiger partial charge in [0.05, 0.1) is 18.9 Å². The number of ether oxygens (including phenoxy) is 1. The van der Waals surface area contributed by atoms with Crippen molar-refractivity contribution in [2.45, 2.75) is 44.2 Å². The standard InChI is InChI=1S/C18H20N4O4/c1-22(11-14-20-16(21-26-14)13-6-2-5-9-19-13)17(24)12-10-15(23)25-18(12)7-3-4-8-18/h2,5-6,9,12H,3-4,7-8,10-11H2,1H3/t12-/m0/s1. The minimum Gasteiger partial charge on any atom is -0.458 e. The van der Waals surface area contributed by atoms with E-state index < -0.39 is 11.5 Å². The van der Waals surface area contributed by atoms with Crippen LogP contribution in [0.25, 0.3) is 11.5 Å². The van der Waals surface area contributed by atoms with E-state index in [4.69, 9.17) is 9.26 Å². The van der Waals surface area contributed by atoms with Gasteiger partial charge in [0, 0.05) is 13.2 Å². The highest BCUT2D eigenvalue weighted by atomic mass is 16.6. The summed E-state index contributed by atoms with van der Waals surface area (Å²) < 4.78 is 10.8. The number of pyridine rings is 1. The van der Waals surface area contributed by atoms with Crippen molar-refractivity contribution in [1.82, 2.24) is 20.0 Å². The summed E-state index contributed by atoms with van der Waals surface area (Å²) in [6, 6.07) is 5.43. The highest BCUT2D eigenvalue weighted by molar-refractivity contribution is 5.87. The van der Waals surface area contributed by atoms with E-state index in [1.54, 1.807) is 25.4 Å². The van der Waals surface area contributed by atoms with E-state index in [0.29, 0.717) is 17.4 Å². The van der Waals surface area contributed by atoms with Gasteiger partial charge in [-0.2, -0.15) is 4.98 Å². The summed E-state index contributed by atoms with van der Waals surface area (Å²) in [5, 5.41) is 3.91. The van der Waals surface area contributed by atoms with Gasteiger partial charge in [-0.15, -0.1) is 0 Å². The van der Waals surface area contributed by atoms with Gasteiger partial charge in [-0.1, -0.05) is 11.2 Å². The summed E-state index contributed by atoms with van der Waals surface area (Å²) in [6.07, 6.45) is 5.28. The van der Waals surface area contributed by atoms with Crippen LogP contribution in [0, 0.1) is 5.92 Å². The van der Waals surface area contributed by atoms with Gasteiger partial charge in [-0.25, -0.2) is 0 Å². The van der Waals surface area contributed by atoms with Gasteiger partial charge in [0.2, 0.25) is 17.6 Å². The first-order chi connectivity index (χ1) is 12.6. The monoisotopic (exact) mass is 356 g/mol. The minimum atomic E-state index is -0.615. The molecule has 1 saturated carbocycles. The van der Waals surface area contributed by atoms with E-state index in [-0.39, 0.29) is 24.8 Å². The fourth-order valence-corrected chi connectivity index (χ4v) is 3.89. The Morgan fingerprint density at radius 3 is 2.88 bits per heavy atom. The first-order valence-corrected chi connectivity index (χ1v) is 8.78. The zero-order valence-electron chi connectivity index (χ0n) is 14.6. The maximum Gasteiger partial charge on any atom is 0.307 e. The molecule has 0 radical (unpaired) electrons. The maximum absolute atomic E-state index is 12.9. The van der Waals surface area contributed by atoms with Crippen LogP contribution in [0.5, 0.6) is 0 Å². The third-order valence-corrected chi connectivity index (χ3v) is 5.18. The zero-order valence-corrected chi connectivity index (χ0v) is 14.6. The van der Waals surface area contributed by atoms with Crippen LogP contribution in [0.15, 0.2) is 28.9 Å². The van der Waals surface area contributed by atoms with Crippen molar-refractivity contribution in [1.29, 1.82) is 0 Å². The first kappa shape index (κ1) is 16.7. The molecular formula is C18H20N4O4. The summed E-state index contributed by atoms with van der Waals surface area (Å²) in [7, 11) is 1.68. The number of rotatable bonds is 4. The third kappa shape index (κ3) is 2.95. The molecule has 0 aromatic carbocycles. The third-order valence-electron chi connectivity index (χ3n) is 5.18.